The number of carbonyl (C=O) groups excluding carboxylic acids is 1. The quantitative estimate of drug-likeness (QED) is 0.682. The smallest absolute Gasteiger partial charge is 0.226 e. The third-order valence-corrected chi connectivity index (χ3v) is 4.94. The average molecular weight is 441 g/mol. The summed E-state index contributed by atoms with van der Waals surface area (Å²) < 4.78 is 17.6. The summed E-state index contributed by atoms with van der Waals surface area (Å²) >= 11 is 9.42. The van der Waals surface area contributed by atoms with Crippen molar-refractivity contribution in [2.24, 2.45) is 0 Å². The summed E-state index contributed by atoms with van der Waals surface area (Å²) in [5, 5.41) is 0.621. The molecule has 1 aliphatic heterocycles. The number of likely N-dealkylation sites (N-methyl/N-ethyl adjacent to an activating group) is 1. The van der Waals surface area contributed by atoms with Gasteiger partial charge in [-0.25, -0.2) is 0 Å². The fraction of sp³-hybridized carbons (Fsp3) is 0.316. The zero-order valence-corrected chi connectivity index (χ0v) is 16.7. The van der Waals surface area contributed by atoms with Crippen LogP contribution in [0.3, 0.4) is 0 Å². The highest BCUT2D eigenvalue weighted by atomic mass is 79.9. The van der Waals surface area contributed by atoms with Crippen molar-refractivity contribution in [2.45, 2.75) is 6.42 Å². The van der Waals surface area contributed by atoms with Crippen molar-refractivity contribution in [3.05, 3.63) is 51.5 Å². The fourth-order valence-corrected chi connectivity index (χ4v) is 3.16. The molecular formula is C19H19BrClNO4. The van der Waals surface area contributed by atoms with Crippen LogP contribution in [0.2, 0.25) is 5.02 Å². The van der Waals surface area contributed by atoms with Gasteiger partial charge in [0.1, 0.15) is 25.6 Å². The number of nitrogens with zero attached hydrogens (tertiary/aromatic N) is 1. The minimum atomic E-state index is -0.00271. The van der Waals surface area contributed by atoms with Gasteiger partial charge in [-0.05, 0) is 35.9 Å². The van der Waals surface area contributed by atoms with E-state index in [-0.39, 0.29) is 12.3 Å². The van der Waals surface area contributed by atoms with Gasteiger partial charge in [-0.2, -0.15) is 0 Å². The molecule has 0 atom stereocenters. The first-order valence-corrected chi connectivity index (χ1v) is 9.40. The van der Waals surface area contributed by atoms with E-state index in [0.29, 0.717) is 48.6 Å². The third kappa shape index (κ3) is 4.83. The van der Waals surface area contributed by atoms with Crippen LogP contribution in [-0.2, 0) is 11.2 Å². The van der Waals surface area contributed by atoms with Crippen molar-refractivity contribution < 1.29 is 19.0 Å². The third-order valence-electron chi connectivity index (χ3n) is 3.97. The Morgan fingerprint density at radius 3 is 2.69 bits per heavy atom. The standard InChI is InChI=1S/C19H19BrClNO4/c1-22(5-6-24-15-4-2-3-14(21)11-15)19(23)10-13-9-17-18(12-16(13)20)26-8-7-25-17/h2-4,9,11-12H,5-8,10H2,1H3. The number of benzene rings is 2. The monoisotopic (exact) mass is 439 g/mol. The lowest BCUT2D eigenvalue weighted by Gasteiger charge is -2.21. The Morgan fingerprint density at radius 1 is 1.23 bits per heavy atom. The molecule has 3 rings (SSSR count). The molecule has 26 heavy (non-hydrogen) atoms. The Bertz CT molecular complexity index is 799. The molecule has 2 aromatic rings. The van der Waals surface area contributed by atoms with Gasteiger partial charge in [-0.15, -0.1) is 0 Å². The van der Waals surface area contributed by atoms with Crippen LogP contribution < -0.4 is 14.2 Å². The van der Waals surface area contributed by atoms with E-state index in [1.807, 2.05) is 24.3 Å². The first-order chi connectivity index (χ1) is 12.5. The van der Waals surface area contributed by atoms with Gasteiger partial charge in [0.2, 0.25) is 5.91 Å². The number of amides is 1. The van der Waals surface area contributed by atoms with E-state index in [0.717, 1.165) is 10.0 Å². The van der Waals surface area contributed by atoms with Gasteiger partial charge in [-0.1, -0.05) is 33.6 Å². The van der Waals surface area contributed by atoms with Crippen LogP contribution >= 0.6 is 27.5 Å². The van der Waals surface area contributed by atoms with E-state index in [4.69, 9.17) is 25.8 Å². The summed E-state index contributed by atoms with van der Waals surface area (Å²) in [5.74, 6) is 2.06. The van der Waals surface area contributed by atoms with Crippen molar-refractivity contribution >= 4 is 33.4 Å². The topological polar surface area (TPSA) is 48.0 Å². The van der Waals surface area contributed by atoms with Crippen LogP contribution in [0, 0.1) is 0 Å². The maximum absolute atomic E-state index is 12.5. The van der Waals surface area contributed by atoms with Gasteiger partial charge >= 0.3 is 0 Å². The largest absolute Gasteiger partial charge is 0.492 e. The highest BCUT2D eigenvalue weighted by Gasteiger charge is 2.18. The molecule has 1 aliphatic rings. The molecule has 0 aliphatic carbocycles. The van der Waals surface area contributed by atoms with Gasteiger partial charge in [0.05, 0.1) is 13.0 Å². The lowest BCUT2D eigenvalue weighted by molar-refractivity contribution is -0.129. The number of ether oxygens (including phenoxy) is 3. The number of fused-ring (bicyclic) bond motifs is 1. The molecule has 5 nitrogen and oxygen atoms in total. The molecule has 0 unspecified atom stereocenters. The minimum Gasteiger partial charge on any atom is -0.492 e. The maximum Gasteiger partial charge on any atom is 0.226 e. The molecule has 0 saturated heterocycles. The van der Waals surface area contributed by atoms with Crippen molar-refractivity contribution in [3.63, 3.8) is 0 Å². The van der Waals surface area contributed by atoms with Crippen LogP contribution in [0.25, 0.3) is 0 Å². The summed E-state index contributed by atoms with van der Waals surface area (Å²) in [5.41, 5.74) is 0.863. The molecule has 1 amide bonds. The summed E-state index contributed by atoms with van der Waals surface area (Å²) in [4.78, 5) is 14.1. The SMILES string of the molecule is CN(CCOc1cccc(Cl)c1)C(=O)Cc1cc2c(cc1Br)OCCO2. The molecule has 0 radical (unpaired) electrons. The van der Waals surface area contributed by atoms with Gasteiger partial charge in [0.15, 0.2) is 11.5 Å². The van der Waals surface area contributed by atoms with Crippen molar-refractivity contribution in [2.75, 3.05) is 33.4 Å². The second-order valence-corrected chi connectivity index (χ2v) is 7.18. The molecule has 7 heteroatoms. The van der Waals surface area contributed by atoms with E-state index < -0.39 is 0 Å². The summed E-state index contributed by atoms with van der Waals surface area (Å²) in [7, 11) is 1.76. The maximum atomic E-state index is 12.5. The number of hydrogen-bond acceptors (Lipinski definition) is 4. The average Bonchev–Trinajstić information content (AvgIpc) is 2.62. The highest BCUT2D eigenvalue weighted by molar-refractivity contribution is 9.10. The van der Waals surface area contributed by atoms with Crippen LogP contribution in [0.1, 0.15) is 5.56 Å². The second kappa shape index (κ2) is 8.64. The van der Waals surface area contributed by atoms with Crippen molar-refractivity contribution in [3.8, 4) is 17.2 Å². The summed E-state index contributed by atoms with van der Waals surface area (Å²) in [6, 6.07) is 10.9. The van der Waals surface area contributed by atoms with Crippen LogP contribution in [0.15, 0.2) is 40.9 Å². The molecule has 0 N–H and O–H groups in total. The van der Waals surface area contributed by atoms with E-state index in [2.05, 4.69) is 15.9 Å². The Kier molecular flexibility index (Phi) is 6.27. The molecule has 0 bridgehead atoms. The zero-order chi connectivity index (χ0) is 18.5. The molecular weight excluding hydrogens is 422 g/mol. The summed E-state index contributed by atoms with van der Waals surface area (Å²) in [6.45, 7) is 1.92. The highest BCUT2D eigenvalue weighted by Crippen LogP contribution is 2.35. The van der Waals surface area contributed by atoms with Gasteiger partial charge < -0.3 is 19.1 Å². The Hall–Kier alpha value is -1.92. The van der Waals surface area contributed by atoms with E-state index in [1.54, 1.807) is 24.1 Å². The predicted molar refractivity (Wildman–Crippen MR) is 103 cm³/mol. The zero-order valence-electron chi connectivity index (χ0n) is 14.3. The predicted octanol–water partition coefficient (Wildman–Crippen LogP) is 3.95. The van der Waals surface area contributed by atoms with Crippen LogP contribution in [0.4, 0.5) is 0 Å². The van der Waals surface area contributed by atoms with E-state index in [1.165, 1.54) is 0 Å². The Labute approximate surface area is 165 Å². The van der Waals surface area contributed by atoms with E-state index in [9.17, 15) is 4.79 Å². The van der Waals surface area contributed by atoms with Crippen molar-refractivity contribution in [1.29, 1.82) is 0 Å². The van der Waals surface area contributed by atoms with E-state index >= 15 is 0 Å². The molecule has 138 valence electrons. The fourth-order valence-electron chi connectivity index (χ4n) is 2.52. The molecule has 0 aromatic heterocycles. The van der Waals surface area contributed by atoms with Crippen LogP contribution in [-0.4, -0.2) is 44.2 Å². The van der Waals surface area contributed by atoms with Crippen LogP contribution in [0.5, 0.6) is 17.2 Å². The first kappa shape index (κ1) is 18.9. The minimum absolute atomic E-state index is 0.00271. The lowest BCUT2D eigenvalue weighted by atomic mass is 10.1. The molecule has 1 heterocycles. The van der Waals surface area contributed by atoms with Gasteiger partial charge in [-0.3, -0.25) is 4.79 Å². The number of rotatable bonds is 6. The molecule has 0 fully saturated rings. The Balaban J connectivity index is 1.54. The number of hydrogen-bond donors (Lipinski definition) is 0. The van der Waals surface area contributed by atoms with Crippen molar-refractivity contribution in [1.82, 2.24) is 4.90 Å². The molecule has 2 aromatic carbocycles. The number of carbonyl (C=O) groups is 1. The lowest BCUT2D eigenvalue weighted by Crippen LogP contribution is -2.32. The normalized spacial score (nSPS) is 12.6. The summed E-state index contributed by atoms with van der Waals surface area (Å²) in [6.07, 6.45) is 0.269. The molecule has 0 spiro atoms. The number of halogens is 2. The second-order valence-electron chi connectivity index (χ2n) is 5.89. The Morgan fingerprint density at radius 2 is 1.96 bits per heavy atom. The van der Waals surface area contributed by atoms with Gasteiger partial charge in [0, 0.05) is 16.5 Å². The first-order valence-electron chi connectivity index (χ1n) is 8.23. The van der Waals surface area contributed by atoms with Gasteiger partial charge in [0.25, 0.3) is 0 Å². The molecule has 0 saturated carbocycles.